The monoisotopic (exact) mass is 742 g/mol. The summed E-state index contributed by atoms with van der Waals surface area (Å²) in [5, 5.41) is 0.622. The normalized spacial score (nSPS) is 22.6. The van der Waals surface area contributed by atoms with Crippen molar-refractivity contribution in [2.45, 2.75) is 56.2 Å². The van der Waals surface area contributed by atoms with Gasteiger partial charge < -0.3 is 9.80 Å². The molecule has 3 atom stereocenters. The number of piperazine rings is 1. The van der Waals surface area contributed by atoms with Crippen molar-refractivity contribution in [2.75, 3.05) is 45.8 Å². The summed E-state index contributed by atoms with van der Waals surface area (Å²) >= 11 is 12.4. The van der Waals surface area contributed by atoms with Gasteiger partial charge in [0.05, 0.1) is 27.4 Å². The molecular weight excluding hydrogens is 709 g/mol. The molecule has 0 bridgehead atoms. The lowest BCUT2D eigenvalue weighted by molar-refractivity contribution is -0.143. The molecule has 3 aliphatic rings. The smallest absolute Gasteiger partial charge is 0.336 e. The Morgan fingerprint density at radius 1 is 0.760 bits per heavy atom. The van der Waals surface area contributed by atoms with Gasteiger partial charge in [-0.25, -0.2) is 4.98 Å². The first kappa shape index (κ1) is 36.3. The van der Waals surface area contributed by atoms with Crippen molar-refractivity contribution in [1.82, 2.24) is 29.6 Å². The molecule has 0 spiro atoms. The lowest BCUT2D eigenvalue weighted by Crippen LogP contribution is -2.58. The van der Waals surface area contributed by atoms with Crippen molar-refractivity contribution in [3.63, 3.8) is 0 Å². The predicted octanol–water partition coefficient (Wildman–Crippen LogP) is 6.57. The van der Waals surface area contributed by atoms with Crippen molar-refractivity contribution in [2.24, 2.45) is 0 Å². The summed E-state index contributed by atoms with van der Waals surface area (Å²) in [7, 11) is 0. The number of carbonyl (C=O) groups is 2. The highest BCUT2D eigenvalue weighted by atomic mass is 35.5. The number of hydrogen-bond donors (Lipinski definition) is 0. The summed E-state index contributed by atoms with van der Waals surface area (Å²) in [5.41, 5.74) is -2.69. The lowest BCUT2D eigenvalue weighted by Gasteiger charge is -2.47. The van der Waals surface area contributed by atoms with E-state index in [0.29, 0.717) is 53.8 Å². The van der Waals surface area contributed by atoms with E-state index < -0.39 is 41.0 Å². The summed E-state index contributed by atoms with van der Waals surface area (Å²) in [4.78, 5) is 42.7. The molecule has 0 radical (unpaired) electrons. The van der Waals surface area contributed by atoms with Crippen molar-refractivity contribution in [3.05, 3.63) is 93.0 Å². The molecule has 268 valence electrons. The Labute approximate surface area is 294 Å². The van der Waals surface area contributed by atoms with Gasteiger partial charge in [-0.05, 0) is 61.6 Å². The third kappa shape index (κ3) is 8.19. The number of alkyl halides is 6. The van der Waals surface area contributed by atoms with Crippen LogP contribution in [0.2, 0.25) is 10.0 Å². The van der Waals surface area contributed by atoms with Crippen LogP contribution in [-0.2, 0) is 18.8 Å². The maximum atomic E-state index is 13.8. The van der Waals surface area contributed by atoms with E-state index in [1.807, 2.05) is 0 Å². The molecule has 3 aromatic rings. The van der Waals surface area contributed by atoms with Gasteiger partial charge in [-0.2, -0.15) is 26.3 Å². The minimum atomic E-state index is -5.08. The second-order valence-corrected chi connectivity index (χ2v) is 13.7. The van der Waals surface area contributed by atoms with Gasteiger partial charge in [-0.3, -0.25) is 24.4 Å². The number of piperidine rings is 1. The van der Waals surface area contributed by atoms with E-state index in [-0.39, 0.29) is 37.0 Å². The third-order valence-electron chi connectivity index (χ3n) is 9.85. The second-order valence-electron chi connectivity index (χ2n) is 12.9. The van der Waals surface area contributed by atoms with E-state index >= 15 is 0 Å². The van der Waals surface area contributed by atoms with Crippen LogP contribution in [0.4, 0.5) is 26.3 Å². The van der Waals surface area contributed by atoms with E-state index in [2.05, 4.69) is 19.8 Å². The minimum absolute atomic E-state index is 0.0226. The molecule has 6 rings (SSSR count). The number of rotatable bonds is 6. The molecule has 1 aromatic heterocycles. The first-order valence-corrected chi connectivity index (χ1v) is 17.0. The van der Waals surface area contributed by atoms with E-state index in [1.165, 1.54) is 23.5 Å². The number of amides is 2. The summed E-state index contributed by atoms with van der Waals surface area (Å²) in [6.45, 7) is 4.35. The molecule has 3 unspecified atom stereocenters. The Bertz CT molecular complexity index is 1670. The van der Waals surface area contributed by atoms with Gasteiger partial charge in [0.25, 0.3) is 11.8 Å². The Balaban J connectivity index is 1.16. The van der Waals surface area contributed by atoms with Crippen molar-refractivity contribution < 1.29 is 35.9 Å². The molecule has 0 saturated carbocycles. The molecule has 3 aliphatic heterocycles. The molecule has 3 saturated heterocycles. The highest BCUT2D eigenvalue weighted by molar-refractivity contribution is 6.42. The fourth-order valence-electron chi connectivity index (χ4n) is 7.27. The SMILES string of the molecule is O=C(c1cnccn1)N1CCC(N2CCN(C3CCN(C(=O)c4cc(C(F)(F)F)cc(C(F)(F)F)c4)C(Cc4ccc(Cl)c(Cl)c4)C3)CC2)C1. The number of aromatic nitrogens is 2. The average Bonchev–Trinajstić information content (AvgIpc) is 3.59. The first-order chi connectivity index (χ1) is 23.7. The summed E-state index contributed by atoms with van der Waals surface area (Å²) < 4.78 is 81.8. The fraction of sp³-hybridized carbons (Fsp3) is 0.471. The third-order valence-corrected chi connectivity index (χ3v) is 10.6. The predicted molar refractivity (Wildman–Crippen MR) is 174 cm³/mol. The van der Waals surface area contributed by atoms with Gasteiger partial charge in [0.2, 0.25) is 0 Å². The van der Waals surface area contributed by atoms with Crippen LogP contribution in [0.1, 0.15) is 56.8 Å². The molecule has 4 heterocycles. The van der Waals surface area contributed by atoms with E-state index in [4.69, 9.17) is 23.2 Å². The largest absolute Gasteiger partial charge is 0.416 e. The molecule has 16 heteroatoms. The number of benzene rings is 2. The van der Waals surface area contributed by atoms with Crippen LogP contribution in [0.3, 0.4) is 0 Å². The number of nitrogens with zero attached hydrogens (tertiary/aromatic N) is 6. The Morgan fingerprint density at radius 2 is 1.40 bits per heavy atom. The quantitative estimate of drug-likeness (QED) is 0.266. The number of carbonyl (C=O) groups excluding carboxylic acids is 2. The Kier molecular flexibility index (Phi) is 10.6. The van der Waals surface area contributed by atoms with Crippen molar-refractivity contribution in [1.29, 1.82) is 0 Å². The van der Waals surface area contributed by atoms with Gasteiger partial charge >= 0.3 is 12.4 Å². The van der Waals surface area contributed by atoms with E-state index in [1.54, 1.807) is 23.1 Å². The highest BCUT2D eigenvalue weighted by Gasteiger charge is 2.41. The van der Waals surface area contributed by atoms with Crippen molar-refractivity contribution in [3.8, 4) is 0 Å². The molecule has 50 heavy (non-hydrogen) atoms. The molecule has 2 amide bonds. The van der Waals surface area contributed by atoms with Crippen LogP contribution < -0.4 is 0 Å². The van der Waals surface area contributed by atoms with E-state index in [0.717, 1.165) is 38.2 Å². The Morgan fingerprint density at radius 3 is 2.00 bits per heavy atom. The molecule has 3 fully saturated rings. The standard InChI is InChI=1S/C34H34Cl2F6N6O2/c35-28-2-1-21(14-29(28)36)13-27-18-25(4-8-48(27)31(49)22-15-23(33(37,38)39)17-24(16-22)34(40,41)42)45-9-11-46(12-10-45)26-3-7-47(20-26)32(50)30-19-43-5-6-44-30/h1-2,5-6,14-17,19,25-27H,3-4,7-13,18,20H2. The zero-order valence-corrected chi connectivity index (χ0v) is 28.2. The van der Waals surface area contributed by atoms with Crippen molar-refractivity contribution >= 4 is 35.0 Å². The summed E-state index contributed by atoms with van der Waals surface area (Å²) in [5.74, 6) is -1.04. The molecule has 0 N–H and O–H groups in total. The average molecular weight is 744 g/mol. The van der Waals surface area contributed by atoms with Crippen LogP contribution >= 0.6 is 23.2 Å². The van der Waals surface area contributed by atoms with E-state index in [9.17, 15) is 35.9 Å². The van der Waals surface area contributed by atoms with Gasteiger partial charge in [0.1, 0.15) is 5.69 Å². The molecule has 2 aromatic carbocycles. The van der Waals surface area contributed by atoms with Gasteiger partial charge in [0.15, 0.2) is 0 Å². The van der Waals surface area contributed by atoms with Gasteiger partial charge in [-0.1, -0.05) is 29.3 Å². The zero-order chi connectivity index (χ0) is 35.8. The zero-order valence-electron chi connectivity index (χ0n) is 26.7. The molecule has 8 nitrogen and oxygen atoms in total. The first-order valence-electron chi connectivity index (χ1n) is 16.2. The number of hydrogen-bond acceptors (Lipinski definition) is 6. The van der Waals surface area contributed by atoms with Gasteiger partial charge in [-0.15, -0.1) is 0 Å². The van der Waals surface area contributed by atoms with Crippen LogP contribution in [0.15, 0.2) is 55.0 Å². The molecular formula is C34H34Cl2F6N6O2. The van der Waals surface area contributed by atoms with Gasteiger partial charge in [0, 0.05) is 81.9 Å². The fourth-order valence-corrected chi connectivity index (χ4v) is 7.59. The van der Waals surface area contributed by atoms with Crippen LogP contribution in [-0.4, -0.2) is 105 Å². The van der Waals surface area contributed by atoms with Crippen LogP contribution in [0, 0.1) is 0 Å². The topological polar surface area (TPSA) is 72.9 Å². The van der Waals surface area contributed by atoms with Crippen LogP contribution in [0.5, 0.6) is 0 Å². The molecule has 0 aliphatic carbocycles. The maximum absolute atomic E-state index is 13.8. The number of likely N-dealkylation sites (tertiary alicyclic amines) is 2. The number of halogens is 8. The van der Waals surface area contributed by atoms with Crippen LogP contribution in [0.25, 0.3) is 0 Å². The second kappa shape index (κ2) is 14.6. The summed E-state index contributed by atoms with van der Waals surface area (Å²) in [6, 6.07) is 5.71. The lowest BCUT2D eigenvalue weighted by atomic mass is 9.90. The maximum Gasteiger partial charge on any atom is 0.416 e. The minimum Gasteiger partial charge on any atom is -0.336 e. The summed E-state index contributed by atoms with van der Waals surface area (Å²) in [6.07, 6.45) is -3.61. The highest BCUT2D eigenvalue weighted by Crippen LogP contribution is 2.37. The Hall–Kier alpha value is -3.46.